The van der Waals surface area contributed by atoms with Crippen LogP contribution in [0.1, 0.15) is 29.5 Å². The SMILES string of the molecule is CCCONC(=COc1ccc(Br)c(C(=O)O)c1)c1cc(-c2ccc(F)cc2)no1. The fourth-order valence-corrected chi connectivity index (χ4v) is 2.81. The molecule has 0 fully saturated rings. The molecule has 0 saturated carbocycles. The predicted molar refractivity (Wildman–Crippen MR) is 111 cm³/mol. The number of aromatic carboxylic acids is 1. The Bertz CT molecular complexity index is 1050. The minimum absolute atomic E-state index is 0.0657. The first-order chi connectivity index (χ1) is 14.5. The molecular formula is C21H18BrFN2O5. The Morgan fingerprint density at radius 2 is 2.03 bits per heavy atom. The lowest BCUT2D eigenvalue weighted by molar-refractivity contribution is 0.0695. The number of nitrogens with zero attached hydrogens (tertiary/aromatic N) is 1. The zero-order valence-electron chi connectivity index (χ0n) is 15.9. The van der Waals surface area contributed by atoms with Crippen molar-refractivity contribution in [3.63, 3.8) is 0 Å². The van der Waals surface area contributed by atoms with Crippen LogP contribution in [-0.2, 0) is 4.84 Å². The molecule has 1 aromatic heterocycles. The summed E-state index contributed by atoms with van der Waals surface area (Å²) < 4.78 is 24.6. The van der Waals surface area contributed by atoms with Gasteiger partial charge in [-0.05, 0) is 64.8 Å². The standard InChI is InChI=1S/C21H18BrFN2O5/c1-2-9-29-24-19(12-28-15-7-8-17(22)16(10-15)21(26)27)20-11-18(25-30-20)13-3-5-14(23)6-4-13/h3-8,10-12,24H,2,9H2,1H3,(H,26,27). The minimum atomic E-state index is -1.08. The largest absolute Gasteiger partial charge is 0.478 e. The van der Waals surface area contributed by atoms with E-state index < -0.39 is 5.97 Å². The third kappa shape index (κ3) is 5.46. The van der Waals surface area contributed by atoms with E-state index >= 15 is 0 Å². The second-order valence-corrected chi connectivity index (χ2v) is 6.98. The summed E-state index contributed by atoms with van der Waals surface area (Å²) in [4.78, 5) is 16.6. The van der Waals surface area contributed by atoms with Crippen molar-refractivity contribution in [1.29, 1.82) is 0 Å². The fraction of sp³-hybridized carbons (Fsp3) is 0.143. The fourth-order valence-electron chi connectivity index (χ4n) is 2.39. The van der Waals surface area contributed by atoms with E-state index in [9.17, 15) is 14.3 Å². The Kier molecular flexibility index (Phi) is 7.21. The number of carboxylic acid groups (broad SMARTS) is 1. The third-order valence-electron chi connectivity index (χ3n) is 3.89. The maximum absolute atomic E-state index is 13.1. The number of hydrogen-bond acceptors (Lipinski definition) is 6. The Labute approximate surface area is 180 Å². The number of carbonyl (C=O) groups is 1. The summed E-state index contributed by atoms with van der Waals surface area (Å²) in [5.74, 6) is -0.800. The Morgan fingerprint density at radius 3 is 2.73 bits per heavy atom. The summed E-state index contributed by atoms with van der Waals surface area (Å²) in [6, 6.07) is 12.1. The molecule has 7 nitrogen and oxygen atoms in total. The molecule has 2 aromatic carbocycles. The summed E-state index contributed by atoms with van der Waals surface area (Å²) in [6.07, 6.45) is 2.12. The molecule has 0 aliphatic carbocycles. The van der Waals surface area contributed by atoms with Crippen LogP contribution < -0.4 is 10.2 Å². The molecule has 1 heterocycles. The molecule has 30 heavy (non-hydrogen) atoms. The van der Waals surface area contributed by atoms with Gasteiger partial charge in [0.2, 0.25) is 0 Å². The highest BCUT2D eigenvalue weighted by Crippen LogP contribution is 2.25. The van der Waals surface area contributed by atoms with E-state index in [2.05, 4.69) is 26.6 Å². The smallest absolute Gasteiger partial charge is 0.336 e. The molecule has 3 rings (SSSR count). The van der Waals surface area contributed by atoms with Crippen LogP contribution in [0.2, 0.25) is 0 Å². The number of hydroxylamine groups is 1. The Morgan fingerprint density at radius 1 is 1.27 bits per heavy atom. The molecule has 9 heteroatoms. The Balaban J connectivity index is 1.85. The summed E-state index contributed by atoms with van der Waals surface area (Å²) in [7, 11) is 0. The lowest BCUT2D eigenvalue weighted by Crippen LogP contribution is -2.14. The topological polar surface area (TPSA) is 93.8 Å². The van der Waals surface area contributed by atoms with Crippen molar-refractivity contribution in [2.45, 2.75) is 13.3 Å². The molecule has 0 spiro atoms. The van der Waals surface area contributed by atoms with Gasteiger partial charge in [0.15, 0.2) is 5.76 Å². The van der Waals surface area contributed by atoms with Gasteiger partial charge in [0, 0.05) is 16.1 Å². The monoisotopic (exact) mass is 476 g/mol. The van der Waals surface area contributed by atoms with Crippen LogP contribution in [0, 0.1) is 5.82 Å². The van der Waals surface area contributed by atoms with E-state index in [1.54, 1.807) is 30.3 Å². The molecule has 0 radical (unpaired) electrons. The first-order valence-corrected chi connectivity index (χ1v) is 9.77. The first-order valence-electron chi connectivity index (χ1n) is 8.98. The van der Waals surface area contributed by atoms with E-state index in [1.165, 1.54) is 24.5 Å². The van der Waals surface area contributed by atoms with E-state index in [-0.39, 0.29) is 11.4 Å². The predicted octanol–water partition coefficient (Wildman–Crippen LogP) is 5.25. The number of aromatic nitrogens is 1. The molecule has 0 aliphatic heterocycles. The lowest BCUT2D eigenvalue weighted by atomic mass is 10.1. The van der Waals surface area contributed by atoms with Crippen molar-refractivity contribution < 1.29 is 28.4 Å². The lowest BCUT2D eigenvalue weighted by Gasteiger charge is -2.09. The maximum Gasteiger partial charge on any atom is 0.336 e. The average molecular weight is 477 g/mol. The molecule has 0 atom stereocenters. The molecule has 3 aromatic rings. The number of rotatable bonds is 9. The van der Waals surface area contributed by atoms with E-state index in [0.29, 0.717) is 39.5 Å². The zero-order valence-corrected chi connectivity index (χ0v) is 17.5. The van der Waals surface area contributed by atoms with Crippen LogP contribution in [0.3, 0.4) is 0 Å². The molecule has 156 valence electrons. The normalized spacial score (nSPS) is 11.4. The van der Waals surface area contributed by atoms with Gasteiger partial charge in [-0.1, -0.05) is 12.1 Å². The zero-order chi connectivity index (χ0) is 21.5. The van der Waals surface area contributed by atoms with Crippen molar-refractivity contribution in [1.82, 2.24) is 10.6 Å². The quantitative estimate of drug-likeness (QED) is 0.247. The highest BCUT2D eigenvalue weighted by molar-refractivity contribution is 9.10. The van der Waals surface area contributed by atoms with Crippen LogP contribution in [0.25, 0.3) is 17.0 Å². The van der Waals surface area contributed by atoms with Gasteiger partial charge in [-0.25, -0.2) is 9.18 Å². The van der Waals surface area contributed by atoms with E-state index in [1.807, 2.05) is 6.92 Å². The van der Waals surface area contributed by atoms with Crippen molar-refractivity contribution in [3.05, 3.63) is 76.4 Å². The summed E-state index contributed by atoms with van der Waals surface area (Å²) in [6.45, 7) is 2.40. The van der Waals surface area contributed by atoms with Crippen LogP contribution in [0.5, 0.6) is 5.75 Å². The van der Waals surface area contributed by atoms with Crippen LogP contribution >= 0.6 is 15.9 Å². The second kappa shape index (κ2) is 10.0. The number of nitrogens with one attached hydrogen (secondary N) is 1. The van der Waals surface area contributed by atoms with Gasteiger partial charge >= 0.3 is 5.97 Å². The van der Waals surface area contributed by atoms with Crippen molar-refractivity contribution in [3.8, 4) is 17.0 Å². The molecule has 0 bridgehead atoms. The minimum Gasteiger partial charge on any atom is -0.478 e. The van der Waals surface area contributed by atoms with Gasteiger partial charge in [0.05, 0.1) is 12.2 Å². The maximum atomic E-state index is 13.1. The van der Waals surface area contributed by atoms with E-state index in [0.717, 1.165) is 6.42 Å². The first kappa shape index (κ1) is 21.5. The van der Waals surface area contributed by atoms with Gasteiger partial charge in [-0.2, -0.15) is 0 Å². The van der Waals surface area contributed by atoms with Gasteiger partial charge in [-0.15, -0.1) is 0 Å². The molecule has 2 N–H and O–H groups in total. The van der Waals surface area contributed by atoms with Crippen molar-refractivity contribution in [2.75, 3.05) is 6.61 Å². The molecule has 0 unspecified atom stereocenters. The summed E-state index contributed by atoms with van der Waals surface area (Å²) in [5, 5.41) is 13.2. The van der Waals surface area contributed by atoms with Gasteiger partial charge < -0.3 is 14.4 Å². The molecule has 0 aliphatic rings. The van der Waals surface area contributed by atoms with Gasteiger partial charge in [0.1, 0.15) is 29.2 Å². The van der Waals surface area contributed by atoms with E-state index in [4.69, 9.17) is 14.1 Å². The van der Waals surface area contributed by atoms with Gasteiger partial charge in [-0.3, -0.25) is 10.3 Å². The molecule has 0 amide bonds. The van der Waals surface area contributed by atoms with Crippen LogP contribution in [-0.4, -0.2) is 22.8 Å². The summed E-state index contributed by atoms with van der Waals surface area (Å²) in [5.41, 5.74) is 4.33. The number of ether oxygens (including phenoxy) is 1. The van der Waals surface area contributed by atoms with Crippen molar-refractivity contribution >= 4 is 27.6 Å². The van der Waals surface area contributed by atoms with Crippen LogP contribution in [0.15, 0.2) is 63.8 Å². The summed E-state index contributed by atoms with van der Waals surface area (Å²) >= 11 is 3.19. The second-order valence-electron chi connectivity index (χ2n) is 6.13. The number of benzene rings is 2. The van der Waals surface area contributed by atoms with Crippen LogP contribution in [0.4, 0.5) is 4.39 Å². The molecular weight excluding hydrogens is 459 g/mol. The van der Waals surface area contributed by atoms with Gasteiger partial charge in [0.25, 0.3) is 0 Å². The number of halogens is 2. The third-order valence-corrected chi connectivity index (χ3v) is 4.58. The highest BCUT2D eigenvalue weighted by Gasteiger charge is 2.14. The average Bonchev–Trinajstić information content (AvgIpc) is 3.22. The number of hydrogen-bond donors (Lipinski definition) is 2. The highest BCUT2D eigenvalue weighted by atomic mass is 79.9. The number of carboxylic acids is 1. The van der Waals surface area contributed by atoms with Crippen molar-refractivity contribution in [2.24, 2.45) is 0 Å². The molecule has 0 saturated heterocycles. The Hall–Kier alpha value is -3.17.